The van der Waals surface area contributed by atoms with E-state index in [1.807, 2.05) is 6.92 Å². The summed E-state index contributed by atoms with van der Waals surface area (Å²) >= 11 is 0. The predicted molar refractivity (Wildman–Crippen MR) is 59.6 cm³/mol. The molecule has 1 fully saturated rings. The second-order valence-corrected chi connectivity index (χ2v) is 3.86. The molecule has 2 unspecified atom stereocenters. The van der Waals surface area contributed by atoms with Gasteiger partial charge in [-0.25, -0.2) is 0 Å². The molecule has 16 heavy (non-hydrogen) atoms. The van der Waals surface area contributed by atoms with Crippen LogP contribution in [-0.2, 0) is 9.53 Å². The lowest BCUT2D eigenvalue weighted by Crippen LogP contribution is -2.44. The molecule has 0 aliphatic carbocycles. The van der Waals surface area contributed by atoms with Gasteiger partial charge in [-0.15, -0.1) is 0 Å². The van der Waals surface area contributed by atoms with E-state index < -0.39 is 0 Å². The number of nitriles is 1. The van der Waals surface area contributed by atoms with E-state index in [1.165, 1.54) is 0 Å². The third kappa shape index (κ3) is 3.80. The minimum Gasteiger partial charge on any atom is -0.379 e. The van der Waals surface area contributed by atoms with Crippen molar-refractivity contribution >= 4 is 5.91 Å². The van der Waals surface area contributed by atoms with Crippen molar-refractivity contribution < 1.29 is 9.53 Å². The Morgan fingerprint density at radius 1 is 1.56 bits per heavy atom. The van der Waals surface area contributed by atoms with Crippen LogP contribution in [0.4, 0.5) is 0 Å². The Bertz CT molecular complexity index is 262. The van der Waals surface area contributed by atoms with Crippen molar-refractivity contribution in [3.05, 3.63) is 0 Å². The average molecular weight is 225 g/mol. The van der Waals surface area contributed by atoms with E-state index in [0.717, 1.165) is 6.54 Å². The summed E-state index contributed by atoms with van der Waals surface area (Å²) in [6.45, 7) is 4.51. The number of rotatable bonds is 6. The first-order valence-corrected chi connectivity index (χ1v) is 5.75. The first-order valence-electron chi connectivity index (χ1n) is 5.75. The quantitative estimate of drug-likeness (QED) is 0.625. The van der Waals surface area contributed by atoms with E-state index in [-0.39, 0.29) is 17.9 Å². The highest BCUT2D eigenvalue weighted by molar-refractivity contribution is 5.79. The zero-order valence-electron chi connectivity index (χ0n) is 9.66. The second-order valence-electron chi connectivity index (χ2n) is 3.86. The average Bonchev–Trinajstić information content (AvgIpc) is 2.73. The highest BCUT2D eigenvalue weighted by Gasteiger charge is 2.32. The summed E-state index contributed by atoms with van der Waals surface area (Å²) in [7, 11) is 0. The molecule has 1 aliphatic rings. The lowest BCUT2D eigenvalue weighted by atomic mass is 10.0. The molecule has 5 nitrogen and oxygen atoms in total. The van der Waals surface area contributed by atoms with Crippen molar-refractivity contribution in [1.29, 1.82) is 5.26 Å². The van der Waals surface area contributed by atoms with Crippen LogP contribution in [0.1, 0.15) is 19.8 Å². The van der Waals surface area contributed by atoms with Gasteiger partial charge in [-0.1, -0.05) is 6.92 Å². The number of carbonyl (C=O) groups is 1. The SMILES string of the molecule is CCNC1COCC1C(=O)NCCCC#N. The third-order valence-electron chi connectivity index (χ3n) is 2.65. The first-order chi connectivity index (χ1) is 7.79. The Labute approximate surface area is 96.2 Å². The van der Waals surface area contributed by atoms with Gasteiger partial charge in [0.05, 0.1) is 25.2 Å². The number of amides is 1. The van der Waals surface area contributed by atoms with Gasteiger partial charge in [0.25, 0.3) is 0 Å². The minimum atomic E-state index is -0.0953. The summed E-state index contributed by atoms with van der Waals surface area (Å²) in [6, 6.07) is 2.18. The maximum absolute atomic E-state index is 11.8. The monoisotopic (exact) mass is 225 g/mol. The van der Waals surface area contributed by atoms with Crippen LogP contribution < -0.4 is 10.6 Å². The summed E-state index contributed by atoms with van der Waals surface area (Å²) in [5, 5.41) is 14.4. The van der Waals surface area contributed by atoms with Gasteiger partial charge in [0.2, 0.25) is 5.91 Å². The number of ether oxygens (including phenoxy) is 1. The molecule has 0 radical (unpaired) electrons. The molecule has 0 spiro atoms. The van der Waals surface area contributed by atoms with Crippen molar-refractivity contribution in [2.45, 2.75) is 25.8 Å². The fourth-order valence-corrected chi connectivity index (χ4v) is 1.79. The molecule has 1 amide bonds. The smallest absolute Gasteiger partial charge is 0.227 e. The summed E-state index contributed by atoms with van der Waals surface area (Å²) in [5.41, 5.74) is 0. The molecule has 2 N–H and O–H groups in total. The number of hydrogen-bond acceptors (Lipinski definition) is 4. The molecular formula is C11H19N3O2. The Morgan fingerprint density at radius 3 is 3.06 bits per heavy atom. The van der Waals surface area contributed by atoms with Crippen molar-refractivity contribution in [1.82, 2.24) is 10.6 Å². The Kier molecular flexibility index (Phi) is 5.83. The maximum Gasteiger partial charge on any atom is 0.227 e. The zero-order chi connectivity index (χ0) is 11.8. The summed E-state index contributed by atoms with van der Waals surface area (Å²) in [4.78, 5) is 11.8. The Balaban J connectivity index is 2.27. The number of hydrogen-bond donors (Lipinski definition) is 2. The fraction of sp³-hybridized carbons (Fsp3) is 0.818. The van der Waals surface area contributed by atoms with E-state index in [1.54, 1.807) is 0 Å². The fourth-order valence-electron chi connectivity index (χ4n) is 1.79. The highest BCUT2D eigenvalue weighted by atomic mass is 16.5. The first kappa shape index (κ1) is 12.9. The van der Waals surface area contributed by atoms with E-state index >= 15 is 0 Å². The van der Waals surface area contributed by atoms with Crippen molar-refractivity contribution in [3.8, 4) is 6.07 Å². The lowest BCUT2D eigenvalue weighted by Gasteiger charge is -2.17. The molecule has 0 bridgehead atoms. The summed E-state index contributed by atoms with van der Waals surface area (Å²) in [5.74, 6) is -0.0663. The van der Waals surface area contributed by atoms with Crippen LogP contribution in [0, 0.1) is 17.2 Å². The standard InChI is InChI=1S/C11H19N3O2/c1-2-13-10-8-16-7-9(10)11(15)14-6-4-3-5-12/h9-10,13H,2-4,6-8H2,1H3,(H,14,15). The molecule has 1 saturated heterocycles. The van der Waals surface area contributed by atoms with Crippen LogP contribution in [0.25, 0.3) is 0 Å². The van der Waals surface area contributed by atoms with Crippen LogP contribution in [-0.4, -0.2) is 38.3 Å². The van der Waals surface area contributed by atoms with Gasteiger partial charge < -0.3 is 15.4 Å². The van der Waals surface area contributed by atoms with Gasteiger partial charge in [-0.3, -0.25) is 4.79 Å². The molecule has 1 aliphatic heterocycles. The predicted octanol–water partition coefficient (Wildman–Crippen LogP) is 0.0309. The molecule has 0 aromatic heterocycles. The largest absolute Gasteiger partial charge is 0.379 e. The summed E-state index contributed by atoms with van der Waals surface area (Å²) < 4.78 is 5.30. The van der Waals surface area contributed by atoms with E-state index in [4.69, 9.17) is 10.00 Å². The normalized spacial score (nSPS) is 24.0. The van der Waals surface area contributed by atoms with Crippen molar-refractivity contribution in [2.24, 2.45) is 5.92 Å². The molecule has 0 saturated carbocycles. The van der Waals surface area contributed by atoms with E-state index in [2.05, 4.69) is 16.7 Å². The van der Waals surface area contributed by atoms with Gasteiger partial charge in [-0.05, 0) is 13.0 Å². The van der Waals surface area contributed by atoms with Crippen molar-refractivity contribution in [3.63, 3.8) is 0 Å². The van der Waals surface area contributed by atoms with Gasteiger partial charge in [0.1, 0.15) is 0 Å². The van der Waals surface area contributed by atoms with Gasteiger partial charge >= 0.3 is 0 Å². The Hall–Kier alpha value is -1.12. The number of nitrogens with zero attached hydrogens (tertiary/aromatic N) is 1. The molecule has 1 rings (SSSR count). The number of likely N-dealkylation sites (N-methyl/N-ethyl adjacent to an activating group) is 1. The molecular weight excluding hydrogens is 206 g/mol. The number of carbonyl (C=O) groups excluding carboxylic acids is 1. The molecule has 5 heteroatoms. The number of unbranched alkanes of at least 4 members (excludes halogenated alkanes) is 1. The van der Waals surface area contributed by atoms with Crippen molar-refractivity contribution in [2.75, 3.05) is 26.3 Å². The molecule has 90 valence electrons. The molecule has 2 atom stereocenters. The lowest BCUT2D eigenvalue weighted by molar-refractivity contribution is -0.125. The van der Waals surface area contributed by atoms with Gasteiger partial charge in [0.15, 0.2) is 0 Å². The van der Waals surface area contributed by atoms with Gasteiger partial charge in [-0.2, -0.15) is 5.26 Å². The molecule has 1 heterocycles. The molecule has 0 aromatic rings. The van der Waals surface area contributed by atoms with E-state index in [0.29, 0.717) is 32.6 Å². The maximum atomic E-state index is 11.8. The Morgan fingerprint density at radius 2 is 2.38 bits per heavy atom. The van der Waals surface area contributed by atoms with Gasteiger partial charge in [0, 0.05) is 19.0 Å². The second kappa shape index (κ2) is 7.20. The van der Waals surface area contributed by atoms with Crippen LogP contribution >= 0.6 is 0 Å². The third-order valence-corrected chi connectivity index (χ3v) is 2.65. The number of nitrogens with one attached hydrogen (secondary N) is 2. The van der Waals surface area contributed by atoms with E-state index in [9.17, 15) is 4.79 Å². The minimum absolute atomic E-state index is 0.0291. The highest BCUT2D eigenvalue weighted by Crippen LogP contribution is 2.13. The molecule has 0 aromatic carbocycles. The topological polar surface area (TPSA) is 74.2 Å². The van der Waals surface area contributed by atoms with Crippen LogP contribution in [0.3, 0.4) is 0 Å². The van der Waals surface area contributed by atoms with Crippen LogP contribution in [0.5, 0.6) is 0 Å². The van der Waals surface area contributed by atoms with Crippen LogP contribution in [0.2, 0.25) is 0 Å². The summed E-state index contributed by atoms with van der Waals surface area (Å²) in [6.07, 6.45) is 1.19. The van der Waals surface area contributed by atoms with Crippen LogP contribution in [0.15, 0.2) is 0 Å². The zero-order valence-corrected chi connectivity index (χ0v) is 9.66.